The number of hydrogen-bond donors (Lipinski definition) is 1. The number of aryl methyl sites for hydroxylation is 2. The largest absolute Gasteiger partial charge is 0.308 e. The van der Waals surface area contributed by atoms with Gasteiger partial charge >= 0.3 is 0 Å². The van der Waals surface area contributed by atoms with Crippen molar-refractivity contribution >= 4 is 15.9 Å². The van der Waals surface area contributed by atoms with Gasteiger partial charge in [0.15, 0.2) is 0 Å². The Balaban J connectivity index is 1.94. The van der Waals surface area contributed by atoms with E-state index in [9.17, 15) is 4.39 Å². The Bertz CT molecular complexity index is 551. The van der Waals surface area contributed by atoms with Gasteiger partial charge in [0.25, 0.3) is 0 Å². The fourth-order valence-corrected chi connectivity index (χ4v) is 2.15. The third kappa shape index (κ3) is 3.17. The van der Waals surface area contributed by atoms with E-state index in [1.807, 2.05) is 26.2 Å². The van der Waals surface area contributed by atoms with Crippen molar-refractivity contribution in [2.24, 2.45) is 7.05 Å². The van der Waals surface area contributed by atoms with Gasteiger partial charge in [0.05, 0.1) is 5.69 Å². The number of hydrogen-bond acceptors (Lipinski definition) is 2. The summed E-state index contributed by atoms with van der Waals surface area (Å²) in [5, 5.41) is 7.49. The van der Waals surface area contributed by atoms with E-state index in [-0.39, 0.29) is 5.82 Å². The average Bonchev–Trinajstić information content (AvgIpc) is 2.61. The molecule has 1 aromatic carbocycles. The van der Waals surface area contributed by atoms with Crippen molar-refractivity contribution < 1.29 is 4.39 Å². The Kier molecular flexibility index (Phi) is 4.14. The molecule has 0 spiro atoms. The molecule has 18 heavy (non-hydrogen) atoms. The van der Waals surface area contributed by atoms with Gasteiger partial charge in [-0.3, -0.25) is 4.68 Å². The smallest absolute Gasteiger partial charge is 0.128 e. The van der Waals surface area contributed by atoms with Gasteiger partial charge in [0.1, 0.15) is 5.82 Å². The minimum absolute atomic E-state index is 0.195. The Labute approximate surface area is 114 Å². The first-order chi connectivity index (χ1) is 8.56. The number of halogens is 2. The summed E-state index contributed by atoms with van der Waals surface area (Å²) in [6.07, 6.45) is 1.97. The molecule has 0 aliphatic carbocycles. The molecule has 0 bridgehead atoms. The predicted molar refractivity (Wildman–Crippen MR) is 72.6 cm³/mol. The monoisotopic (exact) mass is 311 g/mol. The third-order valence-corrected chi connectivity index (χ3v) is 3.25. The standard InChI is InChI=1S/C13H15BrFN3/c1-9-11(8-18(2)17-9)7-16-6-10-3-4-12(14)5-13(10)15/h3-5,8,16H,6-7H2,1-2H3. The summed E-state index contributed by atoms with van der Waals surface area (Å²) in [6.45, 7) is 3.17. The van der Waals surface area contributed by atoms with E-state index in [1.165, 1.54) is 6.07 Å². The summed E-state index contributed by atoms with van der Waals surface area (Å²) >= 11 is 3.24. The van der Waals surface area contributed by atoms with Crippen molar-refractivity contribution in [2.45, 2.75) is 20.0 Å². The molecule has 0 fully saturated rings. The predicted octanol–water partition coefficient (Wildman–Crippen LogP) is 2.92. The van der Waals surface area contributed by atoms with Crippen molar-refractivity contribution in [1.82, 2.24) is 15.1 Å². The molecule has 1 heterocycles. The summed E-state index contributed by atoms with van der Waals surface area (Å²) in [7, 11) is 1.89. The van der Waals surface area contributed by atoms with Gasteiger partial charge in [-0.2, -0.15) is 5.10 Å². The zero-order valence-electron chi connectivity index (χ0n) is 10.4. The second kappa shape index (κ2) is 5.63. The Hall–Kier alpha value is -1.20. The molecule has 2 rings (SSSR count). The number of nitrogens with one attached hydrogen (secondary N) is 1. The van der Waals surface area contributed by atoms with E-state index in [0.717, 1.165) is 15.7 Å². The maximum atomic E-state index is 13.6. The van der Waals surface area contributed by atoms with E-state index in [0.29, 0.717) is 18.7 Å². The van der Waals surface area contributed by atoms with Crippen LogP contribution in [0.15, 0.2) is 28.9 Å². The summed E-state index contributed by atoms with van der Waals surface area (Å²) in [5.74, 6) is -0.195. The van der Waals surface area contributed by atoms with Crippen LogP contribution < -0.4 is 5.32 Å². The zero-order valence-corrected chi connectivity index (χ0v) is 12.0. The number of aromatic nitrogens is 2. The van der Waals surface area contributed by atoms with Gasteiger partial charge < -0.3 is 5.32 Å². The fraction of sp³-hybridized carbons (Fsp3) is 0.308. The second-order valence-electron chi connectivity index (χ2n) is 4.25. The molecule has 3 nitrogen and oxygen atoms in total. The molecule has 0 amide bonds. The highest BCUT2D eigenvalue weighted by Gasteiger charge is 2.05. The molecule has 96 valence electrons. The topological polar surface area (TPSA) is 29.9 Å². The van der Waals surface area contributed by atoms with Crippen LogP contribution in [0.2, 0.25) is 0 Å². The molecule has 0 unspecified atom stereocenters. The first kappa shape index (κ1) is 13.2. The highest BCUT2D eigenvalue weighted by Crippen LogP contribution is 2.15. The van der Waals surface area contributed by atoms with Crippen LogP contribution in [0.25, 0.3) is 0 Å². The highest BCUT2D eigenvalue weighted by atomic mass is 79.9. The summed E-state index contributed by atoms with van der Waals surface area (Å²) < 4.78 is 16.1. The van der Waals surface area contributed by atoms with Crippen molar-refractivity contribution in [2.75, 3.05) is 0 Å². The molecule has 0 atom stereocenters. The lowest BCUT2D eigenvalue weighted by Crippen LogP contribution is -2.14. The zero-order chi connectivity index (χ0) is 13.1. The molecule has 1 N–H and O–H groups in total. The first-order valence-corrected chi connectivity index (χ1v) is 6.49. The highest BCUT2D eigenvalue weighted by molar-refractivity contribution is 9.10. The molecule has 0 aliphatic rings. The minimum atomic E-state index is -0.195. The summed E-state index contributed by atoms with van der Waals surface area (Å²) in [6, 6.07) is 5.10. The van der Waals surface area contributed by atoms with Gasteiger partial charge in [0.2, 0.25) is 0 Å². The van der Waals surface area contributed by atoms with E-state index in [4.69, 9.17) is 0 Å². The van der Waals surface area contributed by atoms with Gasteiger partial charge in [-0.25, -0.2) is 4.39 Å². The van der Waals surface area contributed by atoms with Gasteiger partial charge in [-0.1, -0.05) is 22.0 Å². The first-order valence-electron chi connectivity index (χ1n) is 5.70. The number of nitrogens with zero attached hydrogens (tertiary/aromatic N) is 2. The van der Waals surface area contributed by atoms with E-state index in [1.54, 1.807) is 10.7 Å². The van der Waals surface area contributed by atoms with Crippen LogP contribution in [-0.4, -0.2) is 9.78 Å². The van der Waals surface area contributed by atoms with Crippen LogP contribution in [0.1, 0.15) is 16.8 Å². The number of benzene rings is 1. The van der Waals surface area contributed by atoms with E-state index in [2.05, 4.69) is 26.3 Å². The molecule has 0 aliphatic heterocycles. The van der Waals surface area contributed by atoms with Crippen LogP contribution >= 0.6 is 15.9 Å². The minimum Gasteiger partial charge on any atom is -0.308 e. The van der Waals surface area contributed by atoms with Gasteiger partial charge in [0, 0.05) is 41.9 Å². The van der Waals surface area contributed by atoms with Crippen molar-refractivity contribution in [3.8, 4) is 0 Å². The molecule has 0 radical (unpaired) electrons. The lowest BCUT2D eigenvalue weighted by molar-refractivity contribution is 0.587. The fourth-order valence-electron chi connectivity index (χ4n) is 1.82. The maximum absolute atomic E-state index is 13.6. The van der Waals surface area contributed by atoms with Crippen molar-refractivity contribution in [3.63, 3.8) is 0 Å². The molecule has 0 saturated heterocycles. The van der Waals surface area contributed by atoms with Crippen LogP contribution in [-0.2, 0) is 20.1 Å². The second-order valence-corrected chi connectivity index (χ2v) is 5.17. The van der Waals surface area contributed by atoms with E-state index >= 15 is 0 Å². The lowest BCUT2D eigenvalue weighted by atomic mass is 10.2. The molecule has 2 aromatic rings. The Morgan fingerprint density at radius 3 is 2.67 bits per heavy atom. The molecule has 1 aromatic heterocycles. The van der Waals surface area contributed by atoms with Crippen LogP contribution in [0.4, 0.5) is 4.39 Å². The van der Waals surface area contributed by atoms with Crippen molar-refractivity contribution in [1.29, 1.82) is 0 Å². The quantitative estimate of drug-likeness (QED) is 0.941. The molecular weight excluding hydrogens is 297 g/mol. The van der Waals surface area contributed by atoms with Crippen LogP contribution in [0.3, 0.4) is 0 Å². The number of rotatable bonds is 4. The summed E-state index contributed by atoms with van der Waals surface area (Å²) in [5.41, 5.74) is 2.80. The van der Waals surface area contributed by atoms with Crippen molar-refractivity contribution in [3.05, 3.63) is 51.5 Å². The Morgan fingerprint density at radius 1 is 1.33 bits per heavy atom. The normalized spacial score (nSPS) is 10.9. The third-order valence-electron chi connectivity index (χ3n) is 2.76. The molecule has 0 saturated carbocycles. The van der Waals surface area contributed by atoms with Crippen LogP contribution in [0.5, 0.6) is 0 Å². The van der Waals surface area contributed by atoms with E-state index < -0.39 is 0 Å². The Morgan fingerprint density at radius 2 is 2.06 bits per heavy atom. The SMILES string of the molecule is Cc1nn(C)cc1CNCc1ccc(Br)cc1F. The van der Waals surface area contributed by atoms with Crippen LogP contribution in [0, 0.1) is 12.7 Å². The van der Waals surface area contributed by atoms with Gasteiger partial charge in [-0.15, -0.1) is 0 Å². The van der Waals surface area contributed by atoms with Gasteiger partial charge in [-0.05, 0) is 19.1 Å². The molecular formula is C13H15BrFN3. The average molecular weight is 312 g/mol. The lowest BCUT2D eigenvalue weighted by Gasteiger charge is -2.05. The maximum Gasteiger partial charge on any atom is 0.128 e. The molecule has 5 heteroatoms. The summed E-state index contributed by atoms with van der Waals surface area (Å²) in [4.78, 5) is 0.